The molecular formula is C32H42ClN3O2. The Morgan fingerprint density at radius 2 is 1.50 bits per heavy atom. The molecule has 2 aliphatic heterocycles. The van der Waals surface area contributed by atoms with E-state index in [9.17, 15) is 9.59 Å². The lowest BCUT2D eigenvalue weighted by molar-refractivity contribution is -0.138. The smallest absolute Gasteiger partial charge is 0.254 e. The number of carbonyl (C=O) groups is 2. The van der Waals surface area contributed by atoms with Gasteiger partial charge in [-0.15, -0.1) is 0 Å². The standard InChI is InChI=1S/C32H42ClN3O2/c1-34(2)30(37)28-11-10-27(23-29(28)33)35-18-12-24(13-19-35)22-25-14-20-36(21-15-25)31(38)32(16-6-7-17-32)26-8-4-3-5-9-26/h3-5,8-11,23-25H,6-7,12-22H2,1-2H3. The van der Waals surface area contributed by atoms with Crippen molar-refractivity contribution in [3.05, 3.63) is 64.7 Å². The number of carbonyl (C=O) groups excluding carboxylic acids is 2. The first kappa shape index (κ1) is 27.1. The fourth-order valence-electron chi connectivity index (χ4n) is 7.05. The average Bonchev–Trinajstić information content (AvgIpc) is 3.45. The summed E-state index contributed by atoms with van der Waals surface area (Å²) in [6, 6.07) is 16.4. The van der Waals surface area contributed by atoms with Gasteiger partial charge in [0.15, 0.2) is 0 Å². The minimum absolute atomic E-state index is 0.0634. The third-order valence-corrected chi connectivity index (χ3v) is 9.64. The van der Waals surface area contributed by atoms with Gasteiger partial charge in [-0.2, -0.15) is 0 Å². The minimum Gasteiger partial charge on any atom is -0.371 e. The highest BCUT2D eigenvalue weighted by Crippen LogP contribution is 2.43. The zero-order valence-electron chi connectivity index (χ0n) is 23.0. The first-order chi connectivity index (χ1) is 18.4. The Bertz CT molecular complexity index is 1110. The van der Waals surface area contributed by atoms with Crippen molar-refractivity contribution >= 4 is 29.1 Å². The summed E-state index contributed by atoms with van der Waals surface area (Å²) in [5, 5.41) is 0.524. The summed E-state index contributed by atoms with van der Waals surface area (Å²) >= 11 is 6.46. The summed E-state index contributed by atoms with van der Waals surface area (Å²) in [6.07, 6.45) is 10.2. The summed E-state index contributed by atoms with van der Waals surface area (Å²) in [4.78, 5) is 32.2. The van der Waals surface area contributed by atoms with E-state index in [4.69, 9.17) is 11.6 Å². The maximum atomic E-state index is 13.8. The first-order valence-corrected chi connectivity index (χ1v) is 14.9. The maximum Gasteiger partial charge on any atom is 0.254 e. The zero-order chi connectivity index (χ0) is 26.7. The second-order valence-corrected chi connectivity index (χ2v) is 12.3. The van der Waals surface area contributed by atoms with Gasteiger partial charge in [-0.1, -0.05) is 54.8 Å². The molecule has 0 radical (unpaired) electrons. The van der Waals surface area contributed by atoms with Crippen LogP contribution in [0.5, 0.6) is 0 Å². The normalized spacial score (nSPS) is 20.5. The minimum atomic E-state index is -0.290. The van der Waals surface area contributed by atoms with Gasteiger partial charge in [0.1, 0.15) is 0 Å². The van der Waals surface area contributed by atoms with Crippen molar-refractivity contribution in [2.24, 2.45) is 11.8 Å². The van der Waals surface area contributed by atoms with Gasteiger partial charge in [-0.3, -0.25) is 9.59 Å². The summed E-state index contributed by atoms with van der Waals surface area (Å²) in [7, 11) is 3.49. The Labute approximate surface area is 233 Å². The van der Waals surface area contributed by atoms with Crippen LogP contribution in [0.2, 0.25) is 5.02 Å². The number of nitrogens with zero attached hydrogens (tertiary/aromatic N) is 3. The molecule has 5 nitrogen and oxygen atoms in total. The fourth-order valence-corrected chi connectivity index (χ4v) is 7.31. The lowest BCUT2D eigenvalue weighted by atomic mass is 9.76. The highest BCUT2D eigenvalue weighted by molar-refractivity contribution is 6.34. The van der Waals surface area contributed by atoms with Gasteiger partial charge in [0.25, 0.3) is 5.91 Å². The molecule has 2 saturated heterocycles. The summed E-state index contributed by atoms with van der Waals surface area (Å²) in [5.41, 5.74) is 2.59. The molecule has 2 aromatic carbocycles. The number of piperidine rings is 2. The van der Waals surface area contributed by atoms with Crippen LogP contribution in [0.3, 0.4) is 0 Å². The Hall–Kier alpha value is -2.53. The van der Waals surface area contributed by atoms with Crippen LogP contribution in [-0.2, 0) is 10.2 Å². The number of hydrogen-bond donors (Lipinski definition) is 0. The number of likely N-dealkylation sites (tertiary alicyclic amines) is 1. The number of anilines is 1. The van der Waals surface area contributed by atoms with Gasteiger partial charge in [0.2, 0.25) is 5.91 Å². The molecule has 0 N–H and O–H groups in total. The Balaban J connectivity index is 1.11. The number of benzene rings is 2. The molecule has 3 aliphatic rings. The lowest BCUT2D eigenvalue weighted by Crippen LogP contribution is -2.48. The molecule has 2 aromatic rings. The highest BCUT2D eigenvalue weighted by Gasteiger charge is 2.45. The summed E-state index contributed by atoms with van der Waals surface area (Å²) in [5.74, 6) is 1.78. The van der Waals surface area contributed by atoms with Crippen LogP contribution in [-0.4, -0.2) is 61.9 Å². The summed E-state index contributed by atoms with van der Waals surface area (Å²) < 4.78 is 0. The van der Waals surface area contributed by atoms with Crippen LogP contribution in [0.15, 0.2) is 48.5 Å². The van der Waals surface area contributed by atoms with E-state index in [-0.39, 0.29) is 11.3 Å². The monoisotopic (exact) mass is 535 g/mol. The van der Waals surface area contributed by atoms with Gasteiger partial charge < -0.3 is 14.7 Å². The lowest BCUT2D eigenvalue weighted by Gasteiger charge is -2.40. The van der Waals surface area contributed by atoms with Crippen molar-refractivity contribution in [3.63, 3.8) is 0 Å². The number of amides is 2. The molecule has 0 aromatic heterocycles. The second-order valence-electron chi connectivity index (χ2n) is 11.9. The van der Waals surface area contributed by atoms with Crippen molar-refractivity contribution in [1.82, 2.24) is 9.80 Å². The SMILES string of the molecule is CN(C)C(=O)c1ccc(N2CCC(CC3CCN(C(=O)C4(c5ccccc5)CCCC4)CC3)CC2)cc1Cl. The van der Waals surface area contributed by atoms with Crippen LogP contribution in [0.1, 0.15) is 73.7 Å². The largest absolute Gasteiger partial charge is 0.371 e. The Morgan fingerprint density at radius 3 is 2.08 bits per heavy atom. The number of rotatable bonds is 6. The molecule has 2 heterocycles. The van der Waals surface area contributed by atoms with E-state index < -0.39 is 0 Å². The zero-order valence-corrected chi connectivity index (χ0v) is 23.8. The second kappa shape index (κ2) is 11.7. The molecule has 0 atom stereocenters. The molecule has 38 heavy (non-hydrogen) atoms. The molecule has 0 unspecified atom stereocenters. The molecular weight excluding hydrogens is 494 g/mol. The van der Waals surface area contributed by atoms with E-state index in [1.54, 1.807) is 19.0 Å². The highest BCUT2D eigenvalue weighted by atomic mass is 35.5. The van der Waals surface area contributed by atoms with E-state index in [0.717, 1.165) is 82.2 Å². The number of halogens is 1. The van der Waals surface area contributed by atoms with Crippen LogP contribution < -0.4 is 4.90 Å². The molecule has 6 heteroatoms. The Kier molecular flexibility index (Phi) is 8.32. The topological polar surface area (TPSA) is 43.9 Å². The van der Waals surface area contributed by atoms with Crippen molar-refractivity contribution < 1.29 is 9.59 Å². The average molecular weight is 536 g/mol. The third kappa shape index (κ3) is 5.59. The van der Waals surface area contributed by atoms with Gasteiger partial charge >= 0.3 is 0 Å². The van der Waals surface area contributed by atoms with Crippen LogP contribution in [0.25, 0.3) is 0 Å². The molecule has 3 fully saturated rings. The fraction of sp³-hybridized carbons (Fsp3) is 0.562. The van der Waals surface area contributed by atoms with Crippen molar-refractivity contribution in [2.45, 2.75) is 63.2 Å². The maximum absolute atomic E-state index is 13.8. The van der Waals surface area contributed by atoms with E-state index >= 15 is 0 Å². The van der Waals surface area contributed by atoms with E-state index in [1.807, 2.05) is 24.3 Å². The van der Waals surface area contributed by atoms with Gasteiger partial charge in [-0.25, -0.2) is 0 Å². The molecule has 0 spiro atoms. The van der Waals surface area contributed by atoms with Gasteiger partial charge in [0, 0.05) is 46.0 Å². The summed E-state index contributed by atoms with van der Waals surface area (Å²) in [6.45, 7) is 3.87. The molecule has 2 amide bonds. The van der Waals surface area contributed by atoms with Gasteiger partial charge in [0.05, 0.1) is 16.0 Å². The van der Waals surface area contributed by atoms with Crippen molar-refractivity contribution in [3.8, 4) is 0 Å². The molecule has 1 saturated carbocycles. The van der Waals surface area contributed by atoms with E-state index in [1.165, 1.54) is 24.8 Å². The van der Waals surface area contributed by atoms with Gasteiger partial charge in [-0.05, 0) is 80.5 Å². The van der Waals surface area contributed by atoms with E-state index in [2.05, 4.69) is 34.1 Å². The van der Waals surface area contributed by atoms with E-state index in [0.29, 0.717) is 16.5 Å². The van der Waals surface area contributed by atoms with Crippen LogP contribution in [0, 0.1) is 11.8 Å². The third-order valence-electron chi connectivity index (χ3n) is 9.33. The predicted octanol–water partition coefficient (Wildman–Crippen LogP) is 6.40. The Morgan fingerprint density at radius 1 is 0.895 bits per heavy atom. The molecule has 0 bridgehead atoms. The molecule has 1 aliphatic carbocycles. The number of hydrogen-bond acceptors (Lipinski definition) is 3. The molecule has 5 rings (SSSR count). The van der Waals surface area contributed by atoms with Crippen LogP contribution in [0.4, 0.5) is 5.69 Å². The quantitative estimate of drug-likeness (QED) is 0.430. The molecule has 204 valence electrons. The van der Waals surface area contributed by atoms with Crippen molar-refractivity contribution in [2.75, 3.05) is 45.2 Å². The van der Waals surface area contributed by atoms with Crippen molar-refractivity contribution in [1.29, 1.82) is 0 Å². The van der Waals surface area contributed by atoms with Crippen LogP contribution >= 0.6 is 11.6 Å². The predicted molar refractivity (Wildman–Crippen MR) is 155 cm³/mol. The first-order valence-electron chi connectivity index (χ1n) is 14.5.